The van der Waals surface area contributed by atoms with Gasteiger partial charge < -0.3 is 9.64 Å². The van der Waals surface area contributed by atoms with Crippen molar-refractivity contribution in [2.45, 2.75) is 27.7 Å². The number of rotatable bonds is 6. The SMILES string of the molecule is CCOc1ccc(-c2nc(C)c(C(=O)N3CCN(CC(C)C)CC3)s2)cc1. The number of hydrogen-bond acceptors (Lipinski definition) is 5. The van der Waals surface area contributed by atoms with Crippen molar-refractivity contribution in [3.8, 4) is 16.3 Å². The molecule has 0 N–H and O–H groups in total. The molecule has 0 aliphatic carbocycles. The van der Waals surface area contributed by atoms with E-state index in [2.05, 4.69) is 23.7 Å². The average Bonchev–Trinajstić information content (AvgIpc) is 3.04. The topological polar surface area (TPSA) is 45.7 Å². The number of carbonyl (C=O) groups is 1. The zero-order valence-electron chi connectivity index (χ0n) is 16.7. The fourth-order valence-electron chi connectivity index (χ4n) is 3.37. The van der Waals surface area contributed by atoms with Crippen LogP contribution in [0.1, 0.15) is 36.1 Å². The molecule has 2 aromatic rings. The highest BCUT2D eigenvalue weighted by molar-refractivity contribution is 7.17. The number of aryl methyl sites for hydroxylation is 1. The molecule has 1 fully saturated rings. The number of aromatic nitrogens is 1. The minimum Gasteiger partial charge on any atom is -0.494 e. The van der Waals surface area contributed by atoms with Crippen LogP contribution in [-0.4, -0.2) is 60.0 Å². The lowest BCUT2D eigenvalue weighted by Gasteiger charge is -2.35. The van der Waals surface area contributed by atoms with Crippen LogP contribution in [0.5, 0.6) is 5.75 Å². The second-order valence-corrected chi connectivity index (χ2v) is 8.38. The molecule has 0 radical (unpaired) electrons. The number of piperazine rings is 1. The number of ether oxygens (including phenoxy) is 1. The number of nitrogens with zero attached hydrogens (tertiary/aromatic N) is 3. The van der Waals surface area contributed by atoms with E-state index in [0.29, 0.717) is 12.5 Å². The van der Waals surface area contributed by atoms with Crippen LogP contribution in [0.3, 0.4) is 0 Å². The lowest BCUT2D eigenvalue weighted by atomic mass is 10.2. The first-order valence-electron chi connectivity index (χ1n) is 9.70. The molecule has 0 atom stereocenters. The monoisotopic (exact) mass is 387 g/mol. The molecule has 146 valence electrons. The summed E-state index contributed by atoms with van der Waals surface area (Å²) in [5, 5.41) is 0.886. The Hall–Kier alpha value is -1.92. The zero-order valence-corrected chi connectivity index (χ0v) is 17.5. The van der Waals surface area contributed by atoms with E-state index in [0.717, 1.165) is 59.6 Å². The molecule has 1 aromatic heterocycles. The standard InChI is InChI=1S/C21H29N3O2S/c1-5-26-18-8-6-17(7-9-18)20-22-16(4)19(27-20)21(25)24-12-10-23(11-13-24)14-15(2)3/h6-9,15H,5,10-14H2,1-4H3. The van der Waals surface area contributed by atoms with Crippen LogP contribution in [0.2, 0.25) is 0 Å². The number of benzene rings is 1. The van der Waals surface area contributed by atoms with Crippen LogP contribution in [0.15, 0.2) is 24.3 Å². The lowest BCUT2D eigenvalue weighted by Crippen LogP contribution is -2.49. The molecule has 0 bridgehead atoms. The molecule has 1 aromatic carbocycles. The molecular weight excluding hydrogens is 358 g/mol. The Labute approximate surface area is 166 Å². The van der Waals surface area contributed by atoms with Gasteiger partial charge in [0, 0.05) is 38.3 Å². The molecule has 2 heterocycles. The van der Waals surface area contributed by atoms with Crippen LogP contribution in [0, 0.1) is 12.8 Å². The Morgan fingerprint density at radius 1 is 1.19 bits per heavy atom. The molecule has 5 nitrogen and oxygen atoms in total. The Balaban J connectivity index is 1.68. The van der Waals surface area contributed by atoms with Gasteiger partial charge >= 0.3 is 0 Å². The van der Waals surface area contributed by atoms with Crippen LogP contribution in [0.25, 0.3) is 10.6 Å². The molecule has 6 heteroatoms. The number of hydrogen-bond donors (Lipinski definition) is 0. The highest BCUT2D eigenvalue weighted by Gasteiger charge is 2.25. The smallest absolute Gasteiger partial charge is 0.265 e. The van der Waals surface area contributed by atoms with Crippen molar-refractivity contribution < 1.29 is 9.53 Å². The summed E-state index contributed by atoms with van der Waals surface area (Å²) in [4.78, 5) is 22.8. The van der Waals surface area contributed by atoms with Gasteiger partial charge in [0.1, 0.15) is 15.6 Å². The van der Waals surface area contributed by atoms with Gasteiger partial charge in [0.2, 0.25) is 0 Å². The first kappa shape index (κ1) is 19.8. The third-order valence-corrected chi connectivity index (χ3v) is 5.88. The number of thiazole rings is 1. The fraction of sp³-hybridized carbons (Fsp3) is 0.524. The lowest BCUT2D eigenvalue weighted by molar-refractivity contribution is 0.0627. The molecular formula is C21H29N3O2S. The minimum atomic E-state index is 0.117. The van der Waals surface area contributed by atoms with E-state index in [-0.39, 0.29) is 5.91 Å². The van der Waals surface area contributed by atoms with Gasteiger partial charge in [0.05, 0.1) is 12.3 Å². The molecule has 0 unspecified atom stereocenters. The molecule has 1 amide bonds. The molecule has 27 heavy (non-hydrogen) atoms. The summed E-state index contributed by atoms with van der Waals surface area (Å²) in [5.74, 6) is 1.63. The third kappa shape index (κ3) is 4.87. The van der Waals surface area contributed by atoms with E-state index in [1.165, 1.54) is 11.3 Å². The van der Waals surface area contributed by atoms with Crippen molar-refractivity contribution in [2.24, 2.45) is 5.92 Å². The zero-order chi connectivity index (χ0) is 19.4. The van der Waals surface area contributed by atoms with E-state index in [1.807, 2.05) is 43.0 Å². The quantitative estimate of drug-likeness (QED) is 0.753. The molecule has 3 rings (SSSR count). The van der Waals surface area contributed by atoms with Crippen molar-refractivity contribution in [1.82, 2.24) is 14.8 Å². The van der Waals surface area contributed by atoms with Crippen LogP contribution < -0.4 is 4.74 Å². The van der Waals surface area contributed by atoms with Crippen molar-refractivity contribution in [1.29, 1.82) is 0 Å². The third-order valence-electron chi connectivity index (χ3n) is 4.69. The summed E-state index contributed by atoms with van der Waals surface area (Å²) in [7, 11) is 0. The van der Waals surface area contributed by atoms with Crippen molar-refractivity contribution >= 4 is 17.2 Å². The van der Waals surface area contributed by atoms with Crippen LogP contribution >= 0.6 is 11.3 Å². The van der Waals surface area contributed by atoms with E-state index in [9.17, 15) is 4.79 Å². The predicted molar refractivity (Wildman–Crippen MR) is 111 cm³/mol. The van der Waals surface area contributed by atoms with Gasteiger partial charge in [-0.2, -0.15) is 0 Å². The Kier molecular flexibility index (Phi) is 6.50. The number of carbonyl (C=O) groups excluding carboxylic acids is 1. The molecule has 0 spiro atoms. The van der Waals surface area contributed by atoms with Crippen LogP contribution in [0.4, 0.5) is 0 Å². The van der Waals surface area contributed by atoms with Crippen molar-refractivity contribution in [3.63, 3.8) is 0 Å². The minimum absolute atomic E-state index is 0.117. The average molecular weight is 388 g/mol. The van der Waals surface area contributed by atoms with Gasteiger partial charge in [-0.15, -0.1) is 11.3 Å². The molecule has 1 aliphatic heterocycles. The summed E-state index contributed by atoms with van der Waals surface area (Å²) in [5.41, 5.74) is 1.84. The largest absolute Gasteiger partial charge is 0.494 e. The first-order chi connectivity index (χ1) is 13.0. The second kappa shape index (κ2) is 8.85. The maximum absolute atomic E-state index is 13.0. The summed E-state index contributed by atoms with van der Waals surface area (Å²) < 4.78 is 5.49. The summed E-state index contributed by atoms with van der Waals surface area (Å²) in [6, 6.07) is 7.90. The predicted octanol–water partition coefficient (Wildman–Crippen LogP) is 3.93. The van der Waals surface area contributed by atoms with Gasteiger partial charge in [0.25, 0.3) is 5.91 Å². The highest BCUT2D eigenvalue weighted by atomic mass is 32.1. The van der Waals surface area contributed by atoms with Crippen molar-refractivity contribution in [2.75, 3.05) is 39.3 Å². The normalized spacial score (nSPS) is 15.4. The van der Waals surface area contributed by atoms with E-state index in [4.69, 9.17) is 4.74 Å². The van der Waals surface area contributed by atoms with Gasteiger partial charge in [-0.1, -0.05) is 13.8 Å². The van der Waals surface area contributed by atoms with E-state index < -0.39 is 0 Å². The molecule has 1 saturated heterocycles. The maximum atomic E-state index is 13.0. The second-order valence-electron chi connectivity index (χ2n) is 7.38. The van der Waals surface area contributed by atoms with Crippen molar-refractivity contribution in [3.05, 3.63) is 34.8 Å². The Morgan fingerprint density at radius 3 is 2.44 bits per heavy atom. The first-order valence-corrected chi connectivity index (χ1v) is 10.5. The molecule has 0 saturated carbocycles. The van der Waals surface area contributed by atoms with Gasteiger partial charge in [0.15, 0.2) is 0 Å². The van der Waals surface area contributed by atoms with Gasteiger partial charge in [-0.3, -0.25) is 9.69 Å². The van der Waals surface area contributed by atoms with Gasteiger partial charge in [-0.05, 0) is 44.0 Å². The Bertz CT molecular complexity index is 762. The van der Waals surface area contributed by atoms with Gasteiger partial charge in [-0.25, -0.2) is 4.98 Å². The highest BCUT2D eigenvalue weighted by Crippen LogP contribution is 2.30. The fourth-order valence-corrected chi connectivity index (χ4v) is 4.41. The van der Waals surface area contributed by atoms with E-state index >= 15 is 0 Å². The summed E-state index contributed by atoms with van der Waals surface area (Å²) in [6.45, 7) is 13.6. The molecule has 1 aliphatic rings. The number of amides is 1. The van der Waals surface area contributed by atoms with E-state index in [1.54, 1.807) is 0 Å². The maximum Gasteiger partial charge on any atom is 0.265 e. The summed E-state index contributed by atoms with van der Waals surface area (Å²) in [6.07, 6.45) is 0. The summed E-state index contributed by atoms with van der Waals surface area (Å²) >= 11 is 1.49. The van der Waals surface area contributed by atoms with Crippen LogP contribution in [-0.2, 0) is 0 Å². The Morgan fingerprint density at radius 2 is 1.85 bits per heavy atom.